The number of carbonyl (C=O) groups excluding carboxylic acids is 1. The minimum absolute atomic E-state index is 0.0188. The summed E-state index contributed by atoms with van der Waals surface area (Å²) in [5.74, 6) is 0.168. The normalized spacial score (nSPS) is 27.0. The molecule has 0 radical (unpaired) electrons. The number of nitrogens with zero attached hydrogens (tertiary/aromatic N) is 2. The van der Waals surface area contributed by atoms with E-state index in [1.54, 1.807) is 17.0 Å². The number of ether oxygens (including phenoxy) is 1. The number of anilines is 1. The second-order valence-electron chi connectivity index (χ2n) is 7.87. The first-order chi connectivity index (χ1) is 12.3. The van der Waals surface area contributed by atoms with Crippen LogP contribution in [0.5, 0.6) is 5.75 Å². The van der Waals surface area contributed by atoms with Gasteiger partial charge < -0.3 is 15.4 Å². The predicted octanol–water partition coefficient (Wildman–Crippen LogP) is 2.84. The number of alkyl halides is 2. The first-order valence-corrected chi connectivity index (χ1v) is 9.14. The molecule has 26 heavy (non-hydrogen) atoms. The second-order valence-corrected chi connectivity index (χ2v) is 7.87. The van der Waals surface area contributed by atoms with Crippen LogP contribution in [0.1, 0.15) is 33.1 Å². The largest absolute Gasteiger partial charge is 0.435 e. The van der Waals surface area contributed by atoms with Gasteiger partial charge in [-0.05, 0) is 48.9 Å². The molecule has 2 heterocycles. The van der Waals surface area contributed by atoms with Crippen LogP contribution >= 0.6 is 0 Å². The number of amides is 1. The molecule has 0 aliphatic carbocycles. The fourth-order valence-electron chi connectivity index (χ4n) is 3.94. The zero-order valence-electron chi connectivity index (χ0n) is 15.3. The van der Waals surface area contributed by atoms with Gasteiger partial charge in [0.1, 0.15) is 5.75 Å². The van der Waals surface area contributed by atoms with Gasteiger partial charge in [-0.15, -0.1) is 0 Å². The molecule has 2 aliphatic heterocycles. The van der Waals surface area contributed by atoms with Gasteiger partial charge in [0.15, 0.2) is 0 Å². The Morgan fingerprint density at radius 1 is 1.19 bits per heavy atom. The number of hydrogen-bond donors (Lipinski definition) is 1. The van der Waals surface area contributed by atoms with Gasteiger partial charge in [0.05, 0.1) is 6.04 Å². The van der Waals surface area contributed by atoms with E-state index in [1.165, 1.54) is 12.1 Å². The Morgan fingerprint density at radius 2 is 1.88 bits per heavy atom. The summed E-state index contributed by atoms with van der Waals surface area (Å²) in [5.41, 5.74) is 6.92. The first kappa shape index (κ1) is 19.0. The first-order valence-electron chi connectivity index (χ1n) is 9.14. The molecule has 2 saturated heterocycles. The van der Waals surface area contributed by atoms with Crippen molar-refractivity contribution in [2.45, 2.75) is 51.8 Å². The topological polar surface area (TPSA) is 58.8 Å². The summed E-state index contributed by atoms with van der Waals surface area (Å²) in [6, 6.07) is 6.27. The molecule has 7 heteroatoms. The highest BCUT2D eigenvalue weighted by molar-refractivity contribution is 5.98. The van der Waals surface area contributed by atoms with Crippen LogP contribution in [0.25, 0.3) is 0 Å². The standard InChI is InChI=1S/C19H27F2N3O2/c1-19(2)12-23(11-9-16(19)22)15-4-3-10-24(17(15)25)13-5-7-14(8-6-13)26-18(20)21/h5-8,15-16,18H,3-4,9-12,22H2,1-2H3. The van der Waals surface area contributed by atoms with Crippen molar-refractivity contribution in [1.29, 1.82) is 0 Å². The van der Waals surface area contributed by atoms with E-state index in [-0.39, 0.29) is 29.2 Å². The Kier molecular flexibility index (Phi) is 5.48. The molecule has 144 valence electrons. The number of nitrogens with two attached hydrogens (primary N) is 1. The van der Waals surface area contributed by atoms with Crippen molar-refractivity contribution in [1.82, 2.24) is 4.90 Å². The van der Waals surface area contributed by atoms with Crippen molar-refractivity contribution < 1.29 is 18.3 Å². The minimum Gasteiger partial charge on any atom is -0.435 e. The number of likely N-dealkylation sites (tertiary alicyclic amines) is 1. The molecular weight excluding hydrogens is 340 g/mol. The summed E-state index contributed by atoms with van der Waals surface area (Å²) >= 11 is 0. The van der Waals surface area contributed by atoms with Crippen molar-refractivity contribution >= 4 is 11.6 Å². The number of piperidine rings is 2. The van der Waals surface area contributed by atoms with Gasteiger partial charge in [-0.3, -0.25) is 9.69 Å². The maximum Gasteiger partial charge on any atom is 0.387 e. The molecule has 5 nitrogen and oxygen atoms in total. The van der Waals surface area contributed by atoms with Gasteiger partial charge >= 0.3 is 6.61 Å². The Bertz CT molecular complexity index is 636. The van der Waals surface area contributed by atoms with Crippen molar-refractivity contribution in [2.75, 3.05) is 24.5 Å². The summed E-state index contributed by atoms with van der Waals surface area (Å²) in [4.78, 5) is 17.1. The van der Waals surface area contributed by atoms with E-state index in [4.69, 9.17) is 5.73 Å². The molecule has 1 aromatic carbocycles. The summed E-state index contributed by atoms with van der Waals surface area (Å²) in [6.07, 6.45) is 2.64. The average Bonchev–Trinajstić information content (AvgIpc) is 2.58. The van der Waals surface area contributed by atoms with Gasteiger partial charge in [0, 0.05) is 31.4 Å². The molecule has 2 fully saturated rings. The lowest BCUT2D eigenvalue weighted by Crippen LogP contribution is -2.60. The molecule has 2 aliphatic rings. The van der Waals surface area contributed by atoms with Crippen LogP contribution in [0, 0.1) is 5.41 Å². The predicted molar refractivity (Wildman–Crippen MR) is 96.4 cm³/mol. The van der Waals surface area contributed by atoms with Gasteiger partial charge in [0.2, 0.25) is 5.91 Å². The highest BCUT2D eigenvalue weighted by Crippen LogP contribution is 2.32. The zero-order valence-corrected chi connectivity index (χ0v) is 15.3. The summed E-state index contributed by atoms with van der Waals surface area (Å²) < 4.78 is 28.9. The monoisotopic (exact) mass is 367 g/mol. The van der Waals surface area contributed by atoms with Crippen LogP contribution in [-0.2, 0) is 4.79 Å². The second kappa shape index (κ2) is 7.48. The van der Waals surface area contributed by atoms with Crippen LogP contribution in [0.4, 0.5) is 14.5 Å². The Balaban J connectivity index is 1.71. The lowest BCUT2D eigenvalue weighted by Gasteiger charge is -2.47. The van der Waals surface area contributed by atoms with E-state index in [0.29, 0.717) is 12.2 Å². The van der Waals surface area contributed by atoms with Gasteiger partial charge in [-0.25, -0.2) is 0 Å². The summed E-state index contributed by atoms with van der Waals surface area (Å²) in [6.45, 7) is 3.72. The van der Waals surface area contributed by atoms with Crippen molar-refractivity contribution in [2.24, 2.45) is 11.1 Å². The van der Waals surface area contributed by atoms with Gasteiger partial charge in [0.25, 0.3) is 0 Å². The third kappa shape index (κ3) is 3.99. The molecule has 0 spiro atoms. The molecule has 2 atom stereocenters. The number of hydrogen-bond acceptors (Lipinski definition) is 4. The average molecular weight is 367 g/mol. The van der Waals surface area contributed by atoms with E-state index in [1.807, 2.05) is 0 Å². The smallest absolute Gasteiger partial charge is 0.387 e. The third-order valence-corrected chi connectivity index (χ3v) is 5.57. The number of rotatable bonds is 4. The highest BCUT2D eigenvalue weighted by Gasteiger charge is 2.40. The van der Waals surface area contributed by atoms with Gasteiger partial charge in [-0.2, -0.15) is 8.78 Å². The van der Waals surface area contributed by atoms with Gasteiger partial charge in [-0.1, -0.05) is 13.8 Å². The maximum absolute atomic E-state index is 13.1. The van der Waals surface area contributed by atoms with Crippen molar-refractivity contribution in [3.63, 3.8) is 0 Å². The SMILES string of the molecule is CC1(C)CN(C2CCCN(c3ccc(OC(F)F)cc3)C2=O)CCC1N. The molecular formula is C19H27F2N3O2. The van der Waals surface area contributed by atoms with Crippen LogP contribution in [0.2, 0.25) is 0 Å². The molecule has 1 aromatic rings. The van der Waals surface area contributed by atoms with E-state index in [9.17, 15) is 13.6 Å². The Hall–Kier alpha value is -1.73. The van der Waals surface area contributed by atoms with E-state index >= 15 is 0 Å². The van der Waals surface area contributed by atoms with Crippen LogP contribution in [0.3, 0.4) is 0 Å². The molecule has 0 aromatic heterocycles. The Morgan fingerprint density at radius 3 is 2.50 bits per heavy atom. The highest BCUT2D eigenvalue weighted by atomic mass is 19.3. The fourth-order valence-corrected chi connectivity index (χ4v) is 3.94. The third-order valence-electron chi connectivity index (χ3n) is 5.57. The lowest BCUT2D eigenvalue weighted by atomic mass is 9.79. The minimum atomic E-state index is -2.85. The molecule has 2 unspecified atom stereocenters. The van der Waals surface area contributed by atoms with Crippen LogP contribution in [0.15, 0.2) is 24.3 Å². The number of benzene rings is 1. The molecule has 0 bridgehead atoms. The molecule has 0 saturated carbocycles. The Labute approximate surface area is 153 Å². The van der Waals surface area contributed by atoms with Crippen molar-refractivity contribution in [3.8, 4) is 5.75 Å². The molecule has 1 amide bonds. The quantitative estimate of drug-likeness (QED) is 0.889. The van der Waals surface area contributed by atoms with E-state index < -0.39 is 6.61 Å². The van der Waals surface area contributed by atoms with Crippen LogP contribution in [-0.4, -0.2) is 49.1 Å². The van der Waals surface area contributed by atoms with Crippen LogP contribution < -0.4 is 15.4 Å². The summed E-state index contributed by atoms with van der Waals surface area (Å²) in [7, 11) is 0. The van der Waals surface area contributed by atoms with Crippen molar-refractivity contribution in [3.05, 3.63) is 24.3 Å². The number of halogens is 2. The number of carbonyl (C=O) groups is 1. The molecule has 2 N–H and O–H groups in total. The zero-order chi connectivity index (χ0) is 18.9. The van der Waals surface area contributed by atoms with E-state index in [2.05, 4.69) is 23.5 Å². The maximum atomic E-state index is 13.1. The fraction of sp³-hybridized carbons (Fsp3) is 0.632. The lowest BCUT2D eigenvalue weighted by molar-refractivity contribution is -0.127. The summed E-state index contributed by atoms with van der Waals surface area (Å²) in [5, 5.41) is 0. The van der Waals surface area contributed by atoms with E-state index in [0.717, 1.165) is 32.4 Å². The molecule has 3 rings (SSSR count).